The summed E-state index contributed by atoms with van der Waals surface area (Å²) in [4.78, 5) is 7.11. The number of nitrogens with zero attached hydrogens (tertiary/aromatic N) is 2. The summed E-state index contributed by atoms with van der Waals surface area (Å²) in [6.45, 7) is 6.70. The van der Waals surface area contributed by atoms with Gasteiger partial charge in [-0.15, -0.1) is 35.3 Å². The molecule has 0 atom stereocenters. The quantitative estimate of drug-likeness (QED) is 0.334. The second-order valence-corrected chi connectivity index (χ2v) is 7.81. The van der Waals surface area contributed by atoms with Gasteiger partial charge in [-0.05, 0) is 37.3 Å². The molecular formula is C18H31IN4O2S. The first-order valence-electron chi connectivity index (χ1n) is 9.32. The summed E-state index contributed by atoms with van der Waals surface area (Å²) in [6.07, 6.45) is 3.52. The van der Waals surface area contributed by atoms with Crippen LogP contribution in [0.2, 0.25) is 0 Å². The van der Waals surface area contributed by atoms with Gasteiger partial charge >= 0.3 is 0 Å². The lowest BCUT2D eigenvalue weighted by molar-refractivity contribution is -0.0566. The molecule has 8 heteroatoms. The molecular weight excluding hydrogens is 463 g/mol. The lowest BCUT2D eigenvalue weighted by Crippen LogP contribution is -2.49. The summed E-state index contributed by atoms with van der Waals surface area (Å²) in [7, 11) is 0. The molecule has 0 unspecified atom stereocenters. The zero-order chi connectivity index (χ0) is 17.5. The predicted molar refractivity (Wildman–Crippen MR) is 119 cm³/mol. The number of ether oxygens (including phenoxy) is 1. The second-order valence-electron chi connectivity index (χ2n) is 6.89. The van der Waals surface area contributed by atoms with Crippen molar-refractivity contribution in [1.82, 2.24) is 10.6 Å². The summed E-state index contributed by atoms with van der Waals surface area (Å²) in [5.74, 6) is 0.817. The number of nitrogens with one attached hydrogen (secondary N) is 2. The lowest BCUT2D eigenvalue weighted by atomic mass is 9.95. The Morgan fingerprint density at radius 2 is 2.12 bits per heavy atom. The molecule has 0 spiro atoms. The minimum atomic E-state index is -0.719. The van der Waals surface area contributed by atoms with Crippen molar-refractivity contribution >= 4 is 46.3 Å². The maximum absolute atomic E-state index is 10.6. The van der Waals surface area contributed by atoms with Crippen molar-refractivity contribution in [2.75, 3.05) is 44.3 Å². The Hall–Kier alpha value is -0.580. The minimum Gasteiger partial charge on any atom is -0.388 e. The lowest BCUT2D eigenvalue weighted by Gasteiger charge is -2.34. The van der Waals surface area contributed by atoms with Crippen LogP contribution in [0.1, 0.15) is 32.6 Å². The van der Waals surface area contributed by atoms with Crippen LogP contribution in [-0.2, 0) is 4.74 Å². The molecule has 0 saturated carbocycles. The number of halogens is 1. The molecule has 1 aromatic rings. The molecule has 26 heavy (non-hydrogen) atoms. The Morgan fingerprint density at radius 1 is 1.38 bits per heavy atom. The van der Waals surface area contributed by atoms with E-state index in [1.165, 1.54) is 5.00 Å². The second kappa shape index (κ2) is 10.7. The summed E-state index contributed by atoms with van der Waals surface area (Å²) < 4.78 is 5.34. The number of aliphatic imine (C=N–C) groups is 1. The highest BCUT2D eigenvalue weighted by molar-refractivity contribution is 14.0. The van der Waals surface area contributed by atoms with E-state index in [-0.39, 0.29) is 24.0 Å². The van der Waals surface area contributed by atoms with Crippen LogP contribution < -0.4 is 15.5 Å². The first-order chi connectivity index (χ1) is 12.2. The Morgan fingerprint density at radius 3 is 2.73 bits per heavy atom. The molecule has 6 nitrogen and oxygen atoms in total. The largest absolute Gasteiger partial charge is 0.388 e. The number of anilines is 1. The van der Waals surface area contributed by atoms with Crippen LogP contribution in [0.4, 0.5) is 5.00 Å². The molecule has 3 N–H and O–H groups in total. The van der Waals surface area contributed by atoms with Crippen molar-refractivity contribution in [3.05, 3.63) is 17.5 Å². The minimum absolute atomic E-state index is 0. The fourth-order valence-electron chi connectivity index (χ4n) is 3.34. The van der Waals surface area contributed by atoms with Crippen molar-refractivity contribution in [3.8, 4) is 0 Å². The number of guanidine groups is 1. The molecule has 2 aliphatic rings. The van der Waals surface area contributed by atoms with Gasteiger partial charge in [0.25, 0.3) is 0 Å². The van der Waals surface area contributed by atoms with E-state index in [9.17, 15) is 5.11 Å². The number of hydrogen-bond acceptors (Lipinski definition) is 5. The van der Waals surface area contributed by atoms with Crippen LogP contribution in [0, 0.1) is 0 Å². The summed E-state index contributed by atoms with van der Waals surface area (Å²) in [5, 5.41) is 20.9. The molecule has 0 amide bonds. The van der Waals surface area contributed by atoms with Gasteiger partial charge in [-0.2, -0.15) is 0 Å². The third-order valence-electron chi connectivity index (χ3n) is 4.95. The Bertz CT molecular complexity index is 541. The smallest absolute Gasteiger partial charge is 0.191 e. The van der Waals surface area contributed by atoms with Crippen molar-refractivity contribution in [2.45, 2.75) is 44.2 Å². The van der Waals surface area contributed by atoms with Crippen LogP contribution in [-0.4, -0.2) is 62.1 Å². The molecule has 1 aromatic heterocycles. The highest BCUT2D eigenvalue weighted by atomic mass is 127. The number of thiophene rings is 1. The van der Waals surface area contributed by atoms with Crippen LogP contribution in [0.25, 0.3) is 0 Å². The maximum atomic E-state index is 10.6. The molecule has 148 valence electrons. The third-order valence-corrected chi connectivity index (χ3v) is 5.88. The van der Waals surface area contributed by atoms with Crippen LogP contribution in [0.3, 0.4) is 0 Å². The van der Waals surface area contributed by atoms with E-state index >= 15 is 0 Å². The number of piperidine rings is 1. The SMILES string of the molecule is CCNC(=NCC1(O)CCOCC1)NC1CCN(c2cccs2)CC1.I. The fourth-order valence-corrected chi connectivity index (χ4v) is 4.13. The molecule has 0 bridgehead atoms. The van der Waals surface area contributed by atoms with E-state index < -0.39 is 5.60 Å². The Labute approximate surface area is 177 Å². The predicted octanol–water partition coefficient (Wildman–Crippen LogP) is 2.43. The molecule has 2 fully saturated rings. The highest BCUT2D eigenvalue weighted by Gasteiger charge is 2.29. The molecule has 3 heterocycles. The van der Waals surface area contributed by atoms with E-state index in [1.54, 1.807) is 0 Å². The van der Waals surface area contributed by atoms with Crippen molar-refractivity contribution in [2.24, 2.45) is 4.99 Å². The summed E-state index contributed by atoms with van der Waals surface area (Å²) in [5.41, 5.74) is -0.719. The van der Waals surface area contributed by atoms with Crippen molar-refractivity contribution in [1.29, 1.82) is 0 Å². The molecule has 2 saturated heterocycles. The Kier molecular flexibility index (Phi) is 8.92. The van der Waals surface area contributed by atoms with Gasteiger partial charge in [-0.1, -0.05) is 0 Å². The van der Waals surface area contributed by atoms with Gasteiger partial charge < -0.3 is 25.4 Å². The first-order valence-corrected chi connectivity index (χ1v) is 10.2. The van der Waals surface area contributed by atoms with Gasteiger partial charge in [-0.25, -0.2) is 0 Å². The van der Waals surface area contributed by atoms with E-state index in [1.807, 2.05) is 11.3 Å². The topological polar surface area (TPSA) is 69.1 Å². The highest BCUT2D eigenvalue weighted by Crippen LogP contribution is 2.25. The van der Waals surface area contributed by atoms with Gasteiger partial charge in [0.15, 0.2) is 5.96 Å². The average Bonchev–Trinajstić information content (AvgIpc) is 3.16. The van der Waals surface area contributed by atoms with E-state index in [0.29, 0.717) is 38.6 Å². The molecule has 0 aliphatic carbocycles. The van der Waals surface area contributed by atoms with Crippen LogP contribution in [0.5, 0.6) is 0 Å². The van der Waals surface area contributed by atoms with Gasteiger partial charge in [-0.3, -0.25) is 4.99 Å². The average molecular weight is 494 g/mol. The number of aliphatic hydroxyl groups is 1. The van der Waals surface area contributed by atoms with Gasteiger partial charge in [0, 0.05) is 51.7 Å². The van der Waals surface area contributed by atoms with Crippen LogP contribution in [0.15, 0.2) is 22.5 Å². The van der Waals surface area contributed by atoms with Gasteiger partial charge in [0.05, 0.1) is 17.1 Å². The number of hydrogen-bond donors (Lipinski definition) is 3. The van der Waals surface area contributed by atoms with Gasteiger partial charge in [0.1, 0.15) is 0 Å². The fraction of sp³-hybridized carbons (Fsp3) is 0.722. The molecule has 3 rings (SSSR count). The molecule has 0 radical (unpaired) electrons. The van der Waals surface area contributed by atoms with Crippen molar-refractivity contribution in [3.63, 3.8) is 0 Å². The normalized spacial score (nSPS) is 21.2. The van der Waals surface area contributed by atoms with E-state index in [2.05, 4.69) is 45.0 Å². The van der Waals surface area contributed by atoms with Crippen LogP contribution >= 0.6 is 35.3 Å². The standard InChI is InChI=1S/C18H30N4O2S.HI/c1-2-19-17(20-14-18(23)7-11-24-12-8-18)21-15-5-9-22(10-6-15)16-4-3-13-25-16;/h3-4,13,15,23H,2,5-12,14H2,1H3,(H2,19,20,21);1H. The monoisotopic (exact) mass is 494 g/mol. The van der Waals surface area contributed by atoms with E-state index in [4.69, 9.17) is 4.74 Å². The molecule has 0 aromatic carbocycles. The van der Waals surface area contributed by atoms with Crippen molar-refractivity contribution < 1.29 is 9.84 Å². The van der Waals surface area contributed by atoms with Gasteiger partial charge in [0.2, 0.25) is 0 Å². The zero-order valence-corrected chi connectivity index (χ0v) is 18.6. The zero-order valence-electron chi connectivity index (χ0n) is 15.4. The first kappa shape index (κ1) is 21.7. The Balaban J connectivity index is 0.00000243. The maximum Gasteiger partial charge on any atom is 0.191 e. The number of rotatable bonds is 5. The summed E-state index contributed by atoms with van der Waals surface area (Å²) in [6, 6.07) is 4.73. The molecule has 2 aliphatic heterocycles. The van der Waals surface area contributed by atoms with E-state index in [0.717, 1.165) is 38.4 Å². The third kappa shape index (κ3) is 6.24. The summed E-state index contributed by atoms with van der Waals surface area (Å²) >= 11 is 1.81.